The number of esters is 1. The third-order valence-electron chi connectivity index (χ3n) is 3.35. The van der Waals surface area contributed by atoms with Crippen molar-refractivity contribution in [2.24, 2.45) is 0 Å². The summed E-state index contributed by atoms with van der Waals surface area (Å²) in [6, 6.07) is 11.2. The highest BCUT2D eigenvalue weighted by Gasteiger charge is 2.11. The van der Waals surface area contributed by atoms with Gasteiger partial charge in [0.25, 0.3) is 5.91 Å². The number of thiophene rings is 1. The molecule has 0 atom stereocenters. The van der Waals surface area contributed by atoms with E-state index in [-0.39, 0.29) is 18.3 Å². The zero-order valence-electron chi connectivity index (χ0n) is 14.3. The van der Waals surface area contributed by atoms with E-state index in [1.165, 1.54) is 29.4 Å². The molecule has 27 heavy (non-hydrogen) atoms. The summed E-state index contributed by atoms with van der Waals surface area (Å²) >= 11 is 2.78. The van der Waals surface area contributed by atoms with Crippen molar-refractivity contribution in [2.75, 3.05) is 25.5 Å². The molecule has 0 aliphatic carbocycles. The summed E-state index contributed by atoms with van der Waals surface area (Å²) in [6.45, 7) is 0.351. The van der Waals surface area contributed by atoms with E-state index in [0.717, 1.165) is 21.0 Å². The van der Waals surface area contributed by atoms with Crippen molar-refractivity contribution in [2.45, 2.75) is 5.03 Å². The molecule has 2 aromatic heterocycles. The molecule has 1 N–H and O–H groups in total. The van der Waals surface area contributed by atoms with E-state index >= 15 is 0 Å². The van der Waals surface area contributed by atoms with Crippen molar-refractivity contribution in [1.29, 1.82) is 0 Å². The molecule has 0 saturated heterocycles. The third-order valence-corrected chi connectivity index (χ3v) is 5.15. The Morgan fingerprint density at radius 1 is 1.15 bits per heavy atom. The van der Waals surface area contributed by atoms with E-state index in [2.05, 4.69) is 15.3 Å². The van der Waals surface area contributed by atoms with Crippen LogP contribution in [0, 0.1) is 0 Å². The number of rotatable bonds is 9. The number of nitrogens with one attached hydrogen (secondary N) is 1. The second-order valence-electron chi connectivity index (χ2n) is 5.28. The Bertz CT molecular complexity index is 902. The zero-order chi connectivity index (χ0) is 18.9. The van der Waals surface area contributed by atoms with Crippen LogP contribution in [0.2, 0.25) is 0 Å². The number of carbonyl (C=O) groups is 2. The first kappa shape index (κ1) is 19.1. The predicted molar refractivity (Wildman–Crippen MR) is 104 cm³/mol. The summed E-state index contributed by atoms with van der Waals surface area (Å²) in [7, 11) is 0. The molecule has 0 bridgehead atoms. The molecule has 0 unspecified atom stereocenters. The average molecular weight is 403 g/mol. The lowest BCUT2D eigenvalue weighted by Crippen LogP contribution is -2.32. The Kier molecular flexibility index (Phi) is 7.00. The van der Waals surface area contributed by atoms with Gasteiger partial charge in [-0.2, -0.15) is 0 Å². The SMILES string of the molecule is O=C(COC(=O)CSc1ncnc2sccc12)NCCOc1ccccc1. The number of hydrogen-bond donors (Lipinski definition) is 1. The first-order valence-electron chi connectivity index (χ1n) is 8.13. The summed E-state index contributed by atoms with van der Waals surface area (Å²) in [6.07, 6.45) is 1.47. The highest BCUT2D eigenvalue weighted by Crippen LogP contribution is 2.27. The van der Waals surface area contributed by atoms with Crippen LogP contribution >= 0.6 is 23.1 Å². The fourth-order valence-corrected chi connectivity index (χ4v) is 3.70. The van der Waals surface area contributed by atoms with Crippen LogP contribution in [0.25, 0.3) is 10.2 Å². The van der Waals surface area contributed by atoms with Gasteiger partial charge in [0.15, 0.2) is 6.61 Å². The van der Waals surface area contributed by atoms with Crippen LogP contribution in [-0.2, 0) is 14.3 Å². The van der Waals surface area contributed by atoms with Crippen LogP contribution in [-0.4, -0.2) is 47.4 Å². The van der Waals surface area contributed by atoms with Gasteiger partial charge >= 0.3 is 5.97 Å². The topological polar surface area (TPSA) is 90.4 Å². The Balaban J connectivity index is 1.31. The van der Waals surface area contributed by atoms with E-state index < -0.39 is 5.97 Å². The highest BCUT2D eigenvalue weighted by atomic mass is 32.2. The number of ether oxygens (including phenoxy) is 2. The normalized spacial score (nSPS) is 10.5. The van der Waals surface area contributed by atoms with Gasteiger partial charge in [-0.05, 0) is 23.6 Å². The molecule has 1 aromatic carbocycles. The van der Waals surface area contributed by atoms with E-state index in [1.807, 2.05) is 41.8 Å². The van der Waals surface area contributed by atoms with Crippen molar-refractivity contribution in [1.82, 2.24) is 15.3 Å². The molecular formula is C18H17N3O4S2. The number of hydrogen-bond acceptors (Lipinski definition) is 8. The number of benzene rings is 1. The van der Waals surface area contributed by atoms with Crippen molar-refractivity contribution < 1.29 is 19.1 Å². The first-order chi connectivity index (χ1) is 13.2. The lowest BCUT2D eigenvalue weighted by molar-refractivity contribution is -0.145. The maximum Gasteiger partial charge on any atom is 0.316 e. The molecule has 3 aromatic rings. The monoisotopic (exact) mass is 403 g/mol. The van der Waals surface area contributed by atoms with E-state index in [4.69, 9.17) is 9.47 Å². The number of nitrogens with zero attached hydrogens (tertiary/aromatic N) is 2. The van der Waals surface area contributed by atoms with Gasteiger partial charge in [-0.25, -0.2) is 9.97 Å². The first-order valence-corrected chi connectivity index (χ1v) is 10.00. The maximum atomic E-state index is 11.8. The lowest BCUT2D eigenvalue weighted by atomic mass is 10.3. The van der Waals surface area contributed by atoms with Gasteiger partial charge in [-0.3, -0.25) is 9.59 Å². The lowest BCUT2D eigenvalue weighted by Gasteiger charge is -2.08. The van der Waals surface area contributed by atoms with Crippen molar-refractivity contribution >= 4 is 45.2 Å². The van der Waals surface area contributed by atoms with Crippen molar-refractivity contribution in [3.05, 3.63) is 48.1 Å². The molecule has 7 nitrogen and oxygen atoms in total. The van der Waals surface area contributed by atoms with Gasteiger partial charge in [0.1, 0.15) is 28.5 Å². The Morgan fingerprint density at radius 2 is 2.00 bits per heavy atom. The minimum absolute atomic E-state index is 0.0758. The number of thioether (sulfide) groups is 1. The van der Waals surface area contributed by atoms with E-state index in [9.17, 15) is 9.59 Å². The van der Waals surface area contributed by atoms with Gasteiger partial charge in [0.2, 0.25) is 0 Å². The third kappa shape index (κ3) is 5.93. The van der Waals surface area contributed by atoms with Crippen LogP contribution in [0.3, 0.4) is 0 Å². The molecule has 0 spiro atoms. The van der Waals surface area contributed by atoms with Gasteiger partial charge in [-0.15, -0.1) is 11.3 Å². The summed E-state index contributed by atoms with van der Waals surface area (Å²) in [5.74, 6) is -0.0311. The molecule has 9 heteroatoms. The molecule has 0 saturated carbocycles. The summed E-state index contributed by atoms with van der Waals surface area (Å²) in [5, 5.41) is 6.20. The van der Waals surface area contributed by atoms with Crippen molar-refractivity contribution in [3.8, 4) is 5.75 Å². The van der Waals surface area contributed by atoms with Gasteiger partial charge in [0, 0.05) is 5.39 Å². The van der Waals surface area contributed by atoms with Crippen LogP contribution in [0.1, 0.15) is 0 Å². The molecule has 0 fully saturated rings. The summed E-state index contributed by atoms with van der Waals surface area (Å²) < 4.78 is 10.4. The Labute approximate surface area is 164 Å². The molecule has 0 aliphatic rings. The van der Waals surface area contributed by atoms with Gasteiger partial charge in [0.05, 0.1) is 12.3 Å². The molecule has 1 amide bonds. The van der Waals surface area contributed by atoms with E-state index in [1.54, 1.807) is 0 Å². The maximum absolute atomic E-state index is 11.8. The molecule has 140 valence electrons. The number of aromatic nitrogens is 2. The second-order valence-corrected chi connectivity index (χ2v) is 7.14. The molecule has 3 rings (SSSR count). The number of fused-ring (bicyclic) bond motifs is 1. The Hall–Kier alpha value is -2.65. The zero-order valence-corrected chi connectivity index (χ0v) is 15.9. The quantitative estimate of drug-likeness (QED) is 0.254. The van der Waals surface area contributed by atoms with Crippen LogP contribution in [0.5, 0.6) is 5.75 Å². The van der Waals surface area contributed by atoms with E-state index in [0.29, 0.717) is 13.2 Å². The van der Waals surface area contributed by atoms with Crippen LogP contribution in [0.4, 0.5) is 0 Å². The molecule has 0 radical (unpaired) electrons. The smallest absolute Gasteiger partial charge is 0.316 e. The average Bonchev–Trinajstić information content (AvgIpc) is 3.18. The predicted octanol–water partition coefficient (Wildman–Crippen LogP) is 2.52. The fraction of sp³-hybridized carbons (Fsp3) is 0.222. The second kappa shape index (κ2) is 9.89. The number of amides is 1. The summed E-state index contributed by atoms with van der Waals surface area (Å²) in [4.78, 5) is 32.7. The van der Waals surface area contributed by atoms with Gasteiger partial charge < -0.3 is 14.8 Å². The molecular weight excluding hydrogens is 386 g/mol. The van der Waals surface area contributed by atoms with Crippen LogP contribution < -0.4 is 10.1 Å². The fourth-order valence-electron chi connectivity index (χ4n) is 2.12. The number of para-hydroxylation sites is 1. The minimum atomic E-state index is -0.474. The molecule has 2 heterocycles. The standard InChI is InChI=1S/C18H17N3O4S2/c22-15(19-7-8-24-13-4-2-1-3-5-13)10-25-16(23)11-27-18-14-6-9-26-17(14)20-12-21-18/h1-6,9,12H,7-8,10-11H2,(H,19,22). The minimum Gasteiger partial charge on any atom is -0.492 e. The Morgan fingerprint density at radius 3 is 2.85 bits per heavy atom. The van der Waals surface area contributed by atoms with Crippen molar-refractivity contribution in [3.63, 3.8) is 0 Å². The molecule has 0 aliphatic heterocycles. The highest BCUT2D eigenvalue weighted by molar-refractivity contribution is 8.00. The largest absolute Gasteiger partial charge is 0.492 e. The van der Waals surface area contributed by atoms with Gasteiger partial charge in [-0.1, -0.05) is 30.0 Å². The van der Waals surface area contributed by atoms with Crippen LogP contribution in [0.15, 0.2) is 53.1 Å². The summed E-state index contributed by atoms with van der Waals surface area (Å²) in [5.41, 5.74) is 0. The number of carbonyl (C=O) groups excluding carboxylic acids is 2.